The smallest absolute Gasteiger partial charge is 0.123 e. The predicted octanol–water partition coefficient (Wildman–Crippen LogP) is -2.01. The summed E-state index contributed by atoms with van der Waals surface area (Å²) in [6, 6.07) is 0. The van der Waals surface area contributed by atoms with Gasteiger partial charge in [-0.1, -0.05) is 0 Å². The molecule has 0 aliphatic carbocycles. The van der Waals surface area contributed by atoms with E-state index in [9.17, 15) is 20.4 Å². The van der Waals surface area contributed by atoms with Gasteiger partial charge in [0.25, 0.3) is 0 Å². The number of hydrogen-bond donors (Lipinski definition) is 4. The van der Waals surface area contributed by atoms with E-state index in [1.807, 2.05) is 0 Å². The second-order valence-corrected chi connectivity index (χ2v) is 4.25. The minimum Gasteiger partial charge on any atom is -0.387 e. The molecule has 5 heteroatoms. The Morgan fingerprint density at radius 1 is 0.769 bits per heavy atom. The minimum absolute atomic E-state index is 1.16. The molecule has 2 rings (SSSR count). The van der Waals surface area contributed by atoms with Gasteiger partial charge in [-0.3, -0.25) is 0 Å². The largest absolute Gasteiger partial charge is 0.387 e. The van der Waals surface area contributed by atoms with E-state index in [0.717, 1.165) is 0 Å². The van der Waals surface area contributed by atoms with Crippen LogP contribution in [0.3, 0.4) is 0 Å². The third-order valence-electron chi connectivity index (χ3n) is 3.39. The first-order chi connectivity index (χ1) is 5.84. The highest BCUT2D eigenvalue weighted by atomic mass is 16.6. The van der Waals surface area contributed by atoms with Crippen LogP contribution in [0.1, 0.15) is 13.8 Å². The van der Waals surface area contributed by atoms with E-state index in [4.69, 9.17) is 4.74 Å². The second-order valence-electron chi connectivity index (χ2n) is 4.25. The SMILES string of the molecule is CC12OC(C)([C@@H](O)[C@H]1O)[C@@H](O)[C@H]2O. The van der Waals surface area contributed by atoms with E-state index < -0.39 is 35.6 Å². The molecule has 0 aromatic heterocycles. The van der Waals surface area contributed by atoms with Gasteiger partial charge in [0.05, 0.1) is 0 Å². The van der Waals surface area contributed by atoms with E-state index in [1.165, 1.54) is 13.8 Å². The Morgan fingerprint density at radius 2 is 1.00 bits per heavy atom. The molecule has 4 N–H and O–H groups in total. The van der Waals surface area contributed by atoms with Crippen molar-refractivity contribution in [1.82, 2.24) is 0 Å². The summed E-state index contributed by atoms with van der Waals surface area (Å²) in [5, 5.41) is 38.2. The number of aliphatic hydroxyl groups is 4. The molecule has 2 fully saturated rings. The molecule has 2 saturated heterocycles. The minimum atomic E-state index is -1.26. The monoisotopic (exact) mass is 190 g/mol. The molecule has 4 atom stereocenters. The van der Waals surface area contributed by atoms with Gasteiger partial charge in [0, 0.05) is 0 Å². The topological polar surface area (TPSA) is 90.2 Å². The van der Waals surface area contributed by atoms with Crippen LogP contribution in [0.2, 0.25) is 0 Å². The van der Waals surface area contributed by atoms with Gasteiger partial charge in [0.2, 0.25) is 0 Å². The van der Waals surface area contributed by atoms with Gasteiger partial charge in [-0.25, -0.2) is 0 Å². The van der Waals surface area contributed by atoms with Gasteiger partial charge in [-0.2, -0.15) is 0 Å². The first-order valence-electron chi connectivity index (χ1n) is 4.26. The first-order valence-corrected chi connectivity index (χ1v) is 4.26. The lowest BCUT2D eigenvalue weighted by atomic mass is 9.75. The first kappa shape index (κ1) is 9.36. The summed E-state index contributed by atoms with van der Waals surface area (Å²) in [5.41, 5.74) is -2.51. The lowest BCUT2D eigenvalue weighted by Crippen LogP contribution is -2.61. The summed E-state index contributed by atoms with van der Waals surface area (Å²) in [4.78, 5) is 0. The van der Waals surface area contributed by atoms with Crippen molar-refractivity contribution in [2.45, 2.75) is 49.5 Å². The van der Waals surface area contributed by atoms with Crippen LogP contribution in [-0.2, 0) is 4.74 Å². The van der Waals surface area contributed by atoms with Crippen LogP contribution in [0.15, 0.2) is 0 Å². The van der Waals surface area contributed by atoms with Gasteiger partial charge in [0.1, 0.15) is 35.6 Å². The van der Waals surface area contributed by atoms with E-state index in [0.29, 0.717) is 0 Å². The normalized spacial score (nSPS) is 66.0. The average molecular weight is 190 g/mol. The summed E-state index contributed by atoms with van der Waals surface area (Å²) < 4.78 is 5.30. The molecule has 0 spiro atoms. The van der Waals surface area contributed by atoms with Crippen LogP contribution in [0.4, 0.5) is 0 Å². The van der Waals surface area contributed by atoms with Crippen LogP contribution in [0.25, 0.3) is 0 Å². The van der Waals surface area contributed by atoms with E-state index in [2.05, 4.69) is 0 Å². The molecular formula is C8H14O5. The van der Waals surface area contributed by atoms with E-state index >= 15 is 0 Å². The molecule has 2 aliphatic rings. The standard InChI is InChI=1S/C8H14O5/c1-7-3(9)5(11)8(2,13-7)6(12)4(7)10/h3-6,9-12H,1-2H3/t3-,4-,5+,6+,7?,8?. The van der Waals surface area contributed by atoms with Crippen molar-refractivity contribution >= 4 is 0 Å². The number of ether oxygens (including phenoxy) is 1. The van der Waals surface area contributed by atoms with Crippen LogP contribution in [0, 0.1) is 0 Å². The Morgan fingerprint density at radius 3 is 1.15 bits per heavy atom. The Labute approximate surface area is 75.6 Å². The fraction of sp³-hybridized carbons (Fsp3) is 1.00. The zero-order valence-electron chi connectivity index (χ0n) is 7.51. The molecule has 0 saturated carbocycles. The molecular weight excluding hydrogens is 176 g/mol. The van der Waals surface area contributed by atoms with Crippen molar-refractivity contribution in [2.75, 3.05) is 0 Å². The maximum atomic E-state index is 9.55. The molecule has 0 unspecified atom stereocenters. The highest BCUT2D eigenvalue weighted by Gasteiger charge is 2.72. The molecule has 76 valence electrons. The summed E-state index contributed by atoms with van der Waals surface area (Å²) in [5.74, 6) is 0. The Hall–Kier alpha value is -0.200. The zero-order chi connectivity index (χ0) is 10.0. The predicted molar refractivity (Wildman–Crippen MR) is 41.9 cm³/mol. The summed E-state index contributed by atoms with van der Waals surface area (Å²) in [6.45, 7) is 2.96. The van der Waals surface area contributed by atoms with Crippen LogP contribution >= 0.6 is 0 Å². The van der Waals surface area contributed by atoms with E-state index in [1.54, 1.807) is 0 Å². The van der Waals surface area contributed by atoms with Crippen molar-refractivity contribution in [3.05, 3.63) is 0 Å². The maximum absolute atomic E-state index is 9.55. The number of hydrogen-bond acceptors (Lipinski definition) is 5. The van der Waals surface area contributed by atoms with Gasteiger partial charge >= 0.3 is 0 Å². The van der Waals surface area contributed by atoms with Crippen molar-refractivity contribution < 1.29 is 25.2 Å². The highest BCUT2D eigenvalue weighted by Crippen LogP contribution is 2.50. The molecule has 0 aromatic rings. The van der Waals surface area contributed by atoms with Gasteiger partial charge in [-0.05, 0) is 13.8 Å². The van der Waals surface area contributed by atoms with Crippen molar-refractivity contribution in [1.29, 1.82) is 0 Å². The highest BCUT2D eigenvalue weighted by molar-refractivity contribution is 5.21. The van der Waals surface area contributed by atoms with Gasteiger partial charge in [-0.15, -0.1) is 0 Å². The Kier molecular flexibility index (Phi) is 1.61. The van der Waals surface area contributed by atoms with Crippen LogP contribution < -0.4 is 0 Å². The van der Waals surface area contributed by atoms with Crippen LogP contribution in [-0.4, -0.2) is 56.0 Å². The Balaban J connectivity index is 2.44. The Bertz CT molecular complexity index is 201. The maximum Gasteiger partial charge on any atom is 0.123 e. The quantitative estimate of drug-likeness (QED) is 0.354. The molecule has 2 bridgehead atoms. The molecule has 2 heterocycles. The molecule has 0 amide bonds. The fourth-order valence-electron chi connectivity index (χ4n) is 2.32. The van der Waals surface area contributed by atoms with Crippen LogP contribution in [0.5, 0.6) is 0 Å². The van der Waals surface area contributed by atoms with Crippen molar-refractivity contribution in [3.8, 4) is 0 Å². The average Bonchev–Trinajstić information content (AvgIpc) is 2.36. The lowest BCUT2D eigenvalue weighted by molar-refractivity contribution is -0.126. The third-order valence-corrected chi connectivity index (χ3v) is 3.39. The molecule has 5 nitrogen and oxygen atoms in total. The molecule has 0 radical (unpaired) electrons. The summed E-state index contributed by atoms with van der Waals surface area (Å²) in [6.07, 6.45) is -4.63. The summed E-state index contributed by atoms with van der Waals surface area (Å²) in [7, 11) is 0. The molecule has 2 aliphatic heterocycles. The van der Waals surface area contributed by atoms with Gasteiger partial charge < -0.3 is 25.2 Å². The number of rotatable bonds is 0. The van der Waals surface area contributed by atoms with Crippen molar-refractivity contribution in [2.24, 2.45) is 0 Å². The third kappa shape index (κ3) is 0.793. The fourth-order valence-corrected chi connectivity index (χ4v) is 2.32. The van der Waals surface area contributed by atoms with E-state index in [-0.39, 0.29) is 0 Å². The number of aliphatic hydroxyl groups excluding tert-OH is 4. The molecule has 13 heavy (non-hydrogen) atoms. The second kappa shape index (κ2) is 2.24. The van der Waals surface area contributed by atoms with Crippen molar-refractivity contribution in [3.63, 3.8) is 0 Å². The van der Waals surface area contributed by atoms with Gasteiger partial charge in [0.15, 0.2) is 0 Å². The number of fused-ring (bicyclic) bond motifs is 2. The molecule has 0 aromatic carbocycles. The lowest BCUT2D eigenvalue weighted by Gasteiger charge is -2.36. The summed E-state index contributed by atoms with van der Waals surface area (Å²) >= 11 is 0. The zero-order valence-corrected chi connectivity index (χ0v) is 7.51.